The van der Waals surface area contributed by atoms with Crippen molar-refractivity contribution in [3.05, 3.63) is 71.3 Å². The zero-order valence-corrected chi connectivity index (χ0v) is 26.0. The van der Waals surface area contributed by atoms with Crippen molar-refractivity contribution >= 4 is 11.8 Å². The van der Waals surface area contributed by atoms with Crippen LogP contribution in [0.5, 0.6) is 23.0 Å². The average Bonchev–Trinajstić information content (AvgIpc) is 3.28. The lowest BCUT2D eigenvalue weighted by Crippen LogP contribution is -2.29. The predicted octanol–water partition coefficient (Wildman–Crippen LogP) is 2.54. The molecule has 0 saturated carbocycles. The molecule has 0 spiro atoms. The molecule has 0 saturated heterocycles. The van der Waals surface area contributed by atoms with Gasteiger partial charge in [0.05, 0.1) is 17.7 Å². The molecule has 0 radical (unpaired) electrons. The normalized spacial score (nSPS) is 12.4. The van der Waals surface area contributed by atoms with E-state index in [2.05, 4.69) is 21.3 Å². The summed E-state index contributed by atoms with van der Waals surface area (Å²) in [6.07, 6.45) is 0. The van der Waals surface area contributed by atoms with Gasteiger partial charge in [0.15, 0.2) is 23.0 Å². The Hall–Kier alpha value is -4.16. The molecule has 11 heteroatoms. The van der Waals surface area contributed by atoms with Gasteiger partial charge in [-0.25, -0.2) is 0 Å². The van der Waals surface area contributed by atoms with Gasteiger partial charge < -0.3 is 40.2 Å². The number of hydrogen-bond donors (Lipinski definition) is 4. The van der Waals surface area contributed by atoms with Crippen LogP contribution in [0.3, 0.4) is 0 Å². The minimum Gasteiger partial charge on any atom is -0.488 e. The van der Waals surface area contributed by atoms with E-state index in [0.29, 0.717) is 92.3 Å². The number of carbonyl (C=O) groups is 2. The topological polar surface area (TPSA) is 122 Å². The van der Waals surface area contributed by atoms with Crippen LogP contribution >= 0.6 is 0 Å². The monoisotopic (exact) mass is 605 g/mol. The number of imide groups is 1. The first kappa shape index (κ1) is 32.7. The van der Waals surface area contributed by atoms with Gasteiger partial charge in [0.2, 0.25) is 0 Å². The minimum atomic E-state index is -0.333. The summed E-state index contributed by atoms with van der Waals surface area (Å²) in [5.41, 5.74) is 2.96. The molecule has 3 aromatic rings. The molecule has 0 aromatic heterocycles. The molecule has 4 rings (SSSR count). The Labute approximate surface area is 259 Å². The minimum absolute atomic E-state index is 0.0304. The summed E-state index contributed by atoms with van der Waals surface area (Å²) in [4.78, 5) is 27.8. The van der Waals surface area contributed by atoms with Gasteiger partial charge in [-0.2, -0.15) is 0 Å². The summed E-state index contributed by atoms with van der Waals surface area (Å²) in [6.45, 7) is 4.12. The highest BCUT2D eigenvalue weighted by Crippen LogP contribution is 2.47. The van der Waals surface area contributed by atoms with Crippen LogP contribution in [-0.2, 0) is 6.54 Å². The molecule has 2 amide bonds. The van der Waals surface area contributed by atoms with Crippen LogP contribution in [0.1, 0.15) is 26.3 Å². The van der Waals surface area contributed by atoms with E-state index in [4.69, 9.17) is 18.9 Å². The Morgan fingerprint density at radius 2 is 1.00 bits per heavy atom. The van der Waals surface area contributed by atoms with Crippen molar-refractivity contribution in [1.29, 1.82) is 0 Å². The summed E-state index contributed by atoms with van der Waals surface area (Å²) in [6, 6.07) is 16.4. The molecule has 0 aliphatic carbocycles. The number of ether oxygens (including phenoxy) is 4. The summed E-state index contributed by atoms with van der Waals surface area (Å²) in [5.74, 6) is 1.50. The standard InChI is InChI=1S/C33H43N5O6/c1-34-14-18-41-28-11-7-10-24(30(28)43-20-16-36-3)25-13-12-23(29(42-19-15-35-2)31(25)44-21-17-37-4)22-38-32(39)26-8-5-6-9-27(26)33(38)40/h5-13,34-37H,14-22H2,1-4H3. The predicted molar refractivity (Wildman–Crippen MR) is 170 cm³/mol. The lowest BCUT2D eigenvalue weighted by molar-refractivity contribution is 0.0640. The molecular formula is C33H43N5O6. The highest BCUT2D eigenvalue weighted by molar-refractivity contribution is 6.21. The van der Waals surface area contributed by atoms with Crippen LogP contribution in [0.25, 0.3) is 11.1 Å². The third kappa shape index (κ3) is 7.67. The highest BCUT2D eigenvalue weighted by Gasteiger charge is 2.36. The van der Waals surface area contributed by atoms with Crippen molar-refractivity contribution in [2.45, 2.75) is 6.54 Å². The van der Waals surface area contributed by atoms with Crippen LogP contribution in [0, 0.1) is 0 Å². The maximum atomic E-state index is 13.3. The van der Waals surface area contributed by atoms with Crippen LogP contribution in [0.15, 0.2) is 54.6 Å². The van der Waals surface area contributed by atoms with Gasteiger partial charge in [-0.1, -0.05) is 30.3 Å². The number of nitrogens with one attached hydrogen (secondary N) is 4. The van der Waals surface area contributed by atoms with Crippen molar-refractivity contribution in [1.82, 2.24) is 26.2 Å². The number of amides is 2. The van der Waals surface area contributed by atoms with E-state index < -0.39 is 0 Å². The summed E-state index contributed by atoms with van der Waals surface area (Å²) in [5, 5.41) is 12.4. The smallest absolute Gasteiger partial charge is 0.261 e. The van der Waals surface area contributed by atoms with Gasteiger partial charge in [0.25, 0.3) is 11.8 Å². The number of para-hydroxylation sites is 1. The fourth-order valence-electron chi connectivity index (χ4n) is 4.81. The molecule has 1 aliphatic rings. The fourth-order valence-corrected chi connectivity index (χ4v) is 4.81. The van der Waals surface area contributed by atoms with Crippen molar-refractivity contribution in [3.8, 4) is 34.1 Å². The number of carbonyl (C=O) groups excluding carboxylic acids is 2. The van der Waals surface area contributed by atoms with Gasteiger partial charge >= 0.3 is 0 Å². The van der Waals surface area contributed by atoms with Crippen LogP contribution < -0.4 is 40.2 Å². The second-order valence-corrected chi connectivity index (χ2v) is 10.1. The van der Waals surface area contributed by atoms with E-state index in [1.54, 1.807) is 24.3 Å². The molecule has 4 N–H and O–H groups in total. The lowest BCUT2D eigenvalue weighted by atomic mass is 9.99. The van der Waals surface area contributed by atoms with Crippen LogP contribution in [0.2, 0.25) is 0 Å². The maximum Gasteiger partial charge on any atom is 0.261 e. The zero-order chi connectivity index (χ0) is 31.3. The van der Waals surface area contributed by atoms with Gasteiger partial charge in [-0.05, 0) is 52.5 Å². The summed E-state index contributed by atoms with van der Waals surface area (Å²) < 4.78 is 25.2. The molecule has 0 unspecified atom stereocenters. The van der Waals surface area contributed by atoms with Gasteiger partial charge in [-0.15, -0.1) is 0 Å². The first-order valence-corrected chi connectivity index (χ1v) is 14.9. The van der Waals surface area contributed by atoms with Crippen LogP contribution in [0.4, 0.5) is 0 Å². The number of nitrogens with zero attached hydrogens (tertiary/aromatic N) is 1. The van der Waals surface area contributed by atoms with E-state index >= 15 is 0 Å². The maximum absolute atomic E-state index is 13.3. The molecule has 0 atom stereocenters. The summed E-state index contributed by atoms with van der Waals surface area (Å²) in [7, 11) is 7.44. The molecule has 1 heterocycles. The molecule has 236 valence electrons. The second kappa shape index (κ2) is 16.6. The van der Waals surface area contributed by atoms with Gasteiger partial charge in [-0.3, -0.25) is 14.5 Å². The molecule has 3 aromatic carbocycles. The molecule has 0 fully saturated rings. The first-order valence-electron chi connectivity index (χ1n) is 14.9. The molecule has 0 bridgehead atoms. The van der Waals surface area contributed by atoms with Crippen molar-refractivity contribution in [2.24, 2.45) is 0 Å². The number of hydrogen-bond acceptors (Lipinski definition) is 10. The zero-order valence-electron chi connectivity index (χ0n) is 26.0. The Morgan fingerprint density at radius 3 is 1.57 bits per heavy atom. The lowest BCUT2D eigenvalue weighted by Gasteiger charge is -2.23. The number of likely N-dealkylation sites (N-methyl/N-ethyl adjacent to an activating group) is 4. The van der Waals surface area contributed by atoms with Crippen molar-refractivity contribution < 1.29 is 28.5 Å². The van der Waals surface area contributed by atoms with Gasteiger partial charge in [0.1, 0.15) is 26.4 Å². The molecule has 1 aliphatic heterocycles. The number of rotatable bonds is 19. The van der Waals surface area contributed by atoms with Gasteiger partial charge in [0, 0.05) is 42.9 Å². The van der Waals surface area contributed by atoms with E-state index in [1.807, 2.05) is 58.5 Å². The van der Waals surface area contributed by atoms with Crippen molar-refractivity contribution in [3.63, 3.8) is 0 Å². The van der Waals surface area contributed by atoms with E-state index in [1.165, 1.54) is 4.90 Å². The Morgan fingerprint density at radius 1 is 0.523 bits per heavy atom. The Kier molecular flexibility index (Phi) is 12.4. The number of benzene rings is 3. The fraction of sp³-hybridized carbons (Fsp3) is 0.394. The van der Waals surface area contributed by atoms with Crippen LogP contribution in [-0.4, -0.2) is 97.5 Å². The number of fused-ring (bicyclic) bond motifs is 1. The third-order valence-corrected chi connectivity index (χ3v) is 7.07. The highest BCUT2D eigenvalue weighted by atomic mass is 16.5. The average molecular weight is 606 g/mol. The quantitative estimate of drug-likeness (QED) is 0.120. The van der Waals surface area contributed by atoms with E-state index in [-0.39, 0.29) is 18.4 Å². The molecule has 11 nitrogen and oxygen atoms in total. The first-order chi connectivity index (χ1) is 21.5. The molecule has 44 heavy (non-hydrogen) atoms. The Bertz CT molecular complexity index is 1380. The second-order valence-electron chi connectivity index (χ2n) is 10.1. The SMILES string of the molecule is CNCCOc1cccc(-c2ccc(CN3C(=O)c4ccccc4C3=O)c(OCCNC)c2OCCNC)c1OCCNC. The summed E-state index contributed by atoms with van der Waals surface area (Å²) >= 11 is 0. The third-order valence-electron chi connectivity index (χ3n) is 7.07. The molecular weight excluding hydrogens is 562 g/mol. The Balaban J connectivity index is 1.82. The van der Waals surface area contributed by atoms with E-state index in [9.17, 15) is 9.59 Å². The largest absolute Gasteiger partial charge is 0.488 e. The van der Waals surface area contributed by atoms with E-state index in [0.717, 1.165) is 11.1 Å². The van der Waals surface area contributed by atoms with Crippen molar-refractivity contribution in [2.75, 3.05) is 80.8 Å².